The first-order valence-electron chi connectivity index (χ1n) is 9.32. The first kappa shape index (κ1) is 15.7. The zero-order valence-electron chi connectivity index (χ0n) is 14.9. The van der Waals surface area contributed by atoms with Crippen molar-refractivity contribution in [2.24, 2.45) is 0 Å². The summed E-state index contributed by atoms with van der Waals surface area (Å²) in [6.45, 7) is 5.79. The lowest BCUT2D eigenvalue weighted by atomic mass is 9.92. The van der Waals surface area contributed by atoms with Crippen LogP contribution in [0.5, 0.6) is 0 Å². The Balaban J connectivity index is 1.63. The van der Waals surface area contributed by atoms with Gasteiger partial charge in [-0.05, 0) is 57.0 Å². The van der Waals surface area contributed by atoms with E-state index in [-0.39, 0.29) is 0 Å². The smallest absolute Gasteiger partial charge is 0.0405 e. The third-order valence-electron chi connectivity index (χ3n) is 5.79. The third kappa shape index (κ3) is 2.95. The molecule has 0 radical (unpaired) electrons. The lowest BCUT2D eigenvalue weighted by molar-refractivity contribution is 0.330. The maximum Gasteiger partial charge on any atom is 0.0405 e. The van der Waals surface area contributed by atoms with E-state index in [0.29, 0.717) is 12.0 Å². The second kappa shape index (κ2) is 6.60. The number of nitrogens with zero attached hydrogens (tertiary/aromatic N) is 2. The molecule has 2 heterocycles. The molecule has 2 heteroatoms. The van der Waals surface area contributed by atoms with Gasteiger partial charge in [0.2, 0.25) is 0 Å². The van der Waals surface area contributed by atoms with E-state index in [0.717, 1.165) is 13.0 Å². The zero-order valence-corrected chi connectivity index (χ0v) is 14.9. The fourth-order valence-corrected chi connectivity index (χ4v) is 4.59. The first-order chi connectivity index (χ1) is 11.7. The summed E-state index contributed by atoms with van der Waals surface area (Å²) in [5.74, 6) is 0.670. The molecule has 0 aromatic heterocycles. The second-order valence-electron chi connectivity index (χ2n) is 7.57. The van der Waals surface area contributed by atoms with Crippen LogP contribution in [0.15, 0.2) is 48.5 Å². The molecule has 0 amide bonds. The van der Waals surface area contributed by atoms with Gasteiger partial charge in [-0.15, -0.1) is 0 Å². The summed E-state index contributed by atoms with van der Waals surface area (Å²) >= 11 is 0. The molecule has 24 heavy (non-hydrogen) atoms. The van der Waals surface area contributed by atoms with Gasteiger partial charge in [0.25, 0.3) is 0 Å². The number of aryl methyl sites for hydroxylation is 1. The molecule has 4 rings (SSSR count). The van der Waals surface area contributed by atoms with Gasteiger partial charge >= 0.3 is 0 Å². The topological polar surface area (TPSA) is 6.48 Å². The molecule has 126 valence electrons. The van der Waals surface area contributed by atoms with Crippen LogP contribution in [0.25, 0.3) is 0 Å². The highest BCUT2D eigenvalue weighted by atomic mass is 15.2. The van der Waals surface area contributed by atoms with Crippen molar-refractivity contribution in [1.29, 1.82) is 0 Å². The van der Waals surface area contributed by atoms with E-state index in [1.54, 1.807) is 5.56 Å². The van der Waals surface area contributed by atoms with Gasteiger partial charge < -0.3 is 9.80 Å². The van der Waals surface area contributed by atoms with Gasteiger partial charge in [0.15, 0.2) is 0 Å². The average molecular weight is 320 g/mol. The van der Waals surface area contributed by atoms with Crippen molar-refractivity contribution in [2.75, 3.05) is 31.6 Å². The molecule has 2 aliphatic rings. The van der Waals surface area contributed by atoms with Crippen molar-refractivity contribution < 1.29 is 0 Å². The lowest BCUT2D eigenvalue weighted by Crippen LogP contribution is -2.37. The van der Waals surface area contributed by atoms with Crippen molar-refractivity contribution in [3.63, 3.8) is 0 Å². The number of benzene rings is 2. The Hall–Kier alpha value is -1.80. The summed E-state index contributed by atoms with van der Waals surface area (Å²) in [5, 5.41) is 0. The molecular weight excluding hydrogens is 292 g/mol. The lowest BCUT2D eigenvalue weighted by Gasteiger charge is -2.29. The molecule has 1 fully saturated rings. The van der Waals surface area contributed by atoms with E-state index in [4.69, 9.17) is 0 Å². The molecule has 0 N–H and O–H groups in total. The van der Waals surface area contributed by atoms with Gasteiger partial charge in [0, 0.05) is 30.7 Å². The maximum absolute atomic E-state index is 2.71. The predicted octanol–water partition coefficient (Wildman–Crippen LogP) is 4.24. The summed E-state index contributed by atoms with van der Waals surface area (Å²) in [7, 11) is 2.28. The normalized spacial score (nSPS) is 23.7. The van der Waals surface area contributed by atoms with Crippen molar-refractivity contribution in [1.82, 2.24) is 4.90 Å². The first-order valence-corrected chi connectivity index (χ1v) is 9.32. The highest BCUT2D eigenvalue weighted by molar-refractivity contribution is 5.63. The van der Waals surface area contributed by atoms with Gasteiger partial charge in [0.05, 0.1) is 0 Å². The van der Waals surface area contributed by atoms with E-state index >= 15 is 0 Å². The van der Waals surface area contributed by atoms with Crippen molar-refractivity contribution in [3.05, 3.63) is 65.2 Å². The fourth-order valence-electron chi connectivity index (χ4n) is 4.59. The summed E-state index contributed by atoms with van der Waals surface area (Å²) in [4.78, 5) is 5.24. The van der Waals surface area contributed by atoms with E-state index < -0.39 is 0 Å². The highest BCUT2D eigenvalue weighted by Gasteiger charge is 2.39. The minimum absolute atomic E-state index is 0.670. The van der Waals surface area contributed by atoms with Crippen LogP contribution in [0.3, 0.4) is 0 Å². The Morgan fingerprint density at radius 2 is 1.92 bits per heavy atom. The second-order valence-corrected chi connectivity index (χ2v) is 7.57. The summed E-state index contributed by atoms with van der Waals surface area (Å²) in [6.07, 6.45) is 3.76. The van der Waals surface area contributed by atoms with Crippen LogP contribution in [0, 0.1) is 6.92 Å². The number of likely N-dealkylation sites (tertiary alicyclic amines) is 1. The van der Waals surface area contributed by atoms with E-state index in [9.17, 15) is 0 Å². The largest absolute Gasteiger partial charge is 0.367 e. The molecule has 2 aromatic carbocycles. The Bertz CT molecular complexity index is 694. The summed E-state index contributed by atoms with van der Waals surface area (Å²) in [6, 6.07) is 18.7. The molecule has 0 aliphatic carbocycles. The molecule has 0 unspecified atom stereocenters. The molecule has 2 atom stereocenters. The SMILES string of the molecule is Cc1ccc2c(c1)[C@@H]1CN(C)CCC[C@H]1N2CCc1ccccc1. The molecule has 0 bridgehead atoms. The predicted molar refractivity (Wildman–Crippen MR) is 102 cm³/mol. The fraction of sp³-hybridized carbons (Fsp3) is 0.455. The van der Waals surface area contributed by atoms with E-state index in [1.807, 2.05) is 0 Å². The van der Waals surface area contributed by atoms with Gasteiger partial charge in [-0.1, -0.05) is 48.0 Å². The molecule has 0 saturated carbocycles. The van der Waals surface area contributed by atoms with Gasteiger partial charge in [-0.3, -0.25) is 0 Å². The standard InChI is InChI=1S/C22H28N2/c1-17-10-11-22-19(15-17)20-16-23(2)13-6-9-21(20)24(22)14-12-18-7-4-3-5-8-18/h3-5,7-8,10-11,15,20-21H,6,9,12-14,16H2,1-2H3/t20-,21+/m0/s1. The third-order valence-corrected chi connectivity index (χ3v) is 5.79. The number of rotatable bonds is 3. The van der Waals surface area contributed by atoms with Crippen LogP contribution < -0.4 is 4.90 Å². The molecule has 2 aliphatic heterocycles. The number of anilines is 1. The van der Waals surface area contributed by atoms with Crippen LogP contribution in [0.4, 0.5) is 5.69 Å². The Labute approximate surface area is 146 Å². The van der Waals surface area contributed by atoms with Gasteiger partial charge in [-0.2, -0.15) is 0 Å². The number of hydrogen-bond acceptors (Lipinski definition) is 2. The summed E-state index contributed by atoms with van der Waals surface area (Å²) < 4.78 is 0. The zero-order chi connectivity index (χ0) is 16.5. The van der Waals surface area contributed by atoms with Gasteiger partial charge in [-0.25, -0.2) is 0 Å². The maximum atomic E-state index is 2.71. The van der Waals surface area contributed by atoms with Crippen LogP contribution in [0.2, 0.25) is 0 Å². The molecule has 2 aromatic rings. The van der Waals surface area contributed by atoms with Crippen molar-refractivity contribution in [3.8, 4) is 0 Å². The van der Waals surface area contributed by atoms with Crippen LogP contribution >= 0.6 is 0 Å². The minimum atomic E-state index is 0.670. The van der Waals surface area contributed by atoms with Crippen LogP contribution in [-0.4, -0.2) is 37.6 Å². The molecule has 0 spiro atoms. The number of likely N-dealkylation sites (N-methyl/N-ethyl adjacent to an activating group) is 1. The highest BCUT2D eigenvalue weighted by Crippen LogP contribution is 2.44. The van der Waals surface area contributed by atoms with E-state index in [1.165, 1.54) is 42.7 Å². The Morgan fingerprint density at radius 1 is 1.08 bits per heavy atom. The average Bonchev–Trinajstić information content (AvgIpc) is 2.73. The Kier molecular flexibility index (Phi) is 4.32. The van der Waals surface area contributed by atoms with Crippen molar-refractivity contribution in [2.45, 2.75) is 38.1 Å². The number of fused-ring (bicyclic) bond motifs is 3. The van der Waals surface area contributed by atoms with Gasteiger partial charge in [0.1, 0.15) is 0 Å². The van der Waals surface area contributed by atoms with Crippen LogP contribution in [-0.2, 0) is 6.42 Å². The quantitative estimate of drug-likeness (QED) is 0.835. The minimum Gasteiger partial charge on any atom is -0.367 e. The monoisotopic (exact) mass is 320 g/mol. The molecule has 1 saturated heterocycles. The van der Waals surface area contributed by atoms with Crippen molar-refractivity contribution >= 4 is 5.69 Å². The molecule has 2 nitrogen and oxygen atoms in total. The number of hydrogen-bond donors (Lipinski definition) is 0. The summed E-state index contributed by atoms with van der Waals surface area (Å²) in [5.41, 5.74) is 5.91. The Morgan fingerprint density at radius 3 is 2.75 bits per heavy atom. The van der Waals surface area contributed by atoms with E-state index in [2.05, 4.69) is 72.3 Å². The van der Waals surface area contributed by atoms with Crippen LogP contribution in [0.1, 0.15) is 35.4 Å². The molecular formula is C22H28N2.